The minimum atomic E-state index is -0.840. The van der Waals surface area contributed by atoms with Crippen LogP contribution in [0.5, 0.6) is 0 Å². The Balaban J connectivity index is 2.79. The molecule has 0 aromatic heterocycles. The highest BCUT2D eigenvalue weighted by Gasteiger charge is 1.95. The molecule has 0 unspecified atom stereocenters. The molecule has 0 aliphatic carbocycles. The van der Waals surface area contributed by atoms with Crippen molar-refractivity contribution in [2.24, 2.45) is 0 Å². The molecular formula is C7H6ClN2O. The van der Waals surface area contributed by atoms with Gasteiger partial charge in [0, 0.05) is 10.7 Å². The third-order valence-corrected chi connectivity index (χ3v) is 1.32. The molecule has 1 aromatic rings. The van der Waals surface area contributed by atoms with E-state index >= 15 is 0 Å². The van der Waals surface area contributed by atoms with E-state index < -0.39 is 6.03 Å². The summed E-state index contributed by atoms with van der Waals surface area (Å²) >= 11 is 5.62. The zero-order valence-corrected chi connectivity index (χ0v) is 6.35. The number of hydrogen-bond donors (Lipinski definition) is 1. The first kappa shape index (κ1) is 7.88. The van der Waals surface area contributed by atoms with Crippen molar-refractivity contribution in [2.45, 2.75) is 0 Å². The number of hydrogen-bond acceptors (Lipinski definition) is 1. The summed E-state index contributed by atoms with van der Waals surface area (Å²) in [4.78, 5) is 10.2. The molecule has 0 saturated carbocycles. The summed E-state index contributed by atoms with van der Waals surface area (Å²) in [6, 6.07) is 5.80. The van der Waals surface area contributed by atoms with Gasteiger partial charge in [0.05, 0.1) is 0 Å². The van der Waals surface area contributed by atoms with E-state index in [0.29, 0.717) is 10.7 Å². The van der Waals surface area contributed by atoms with Gasteiger partial charge in [0.15, 0.2) is 0 Å². The molecule has 0 aliphatic rings. The molecule has 0 fully saturated rings. The molecule has 0 aliphatic heterocycles. The SMILES string of the molecule is [NH]C(=O)Nc1cccc(Cl)c1. The van der Waals surface area contributed by atoms with Gasteiger partial charge >= 0.3 is 6.03 Å². The minimum Gasteiger partial charge on any atom is -0.307 e. The Morgan fingerprint density at radius 3 is 2.82 bits per heavy atom. The lowest BCUT2D eigenvalue weighted by molar-refractivity contribution is 0.258. The van der Waals surface area contributed by atoms with Gasteiger partial charge in [0.25, 0.3) is 0 Å². The van der Waals surface area contributed by atoms with Crippen molar-refractivity contribution in [3.8, 4) is 0 Å². The Hall–Kier alpha value is -1.22. The number of benzene rings is 1. The van der Waals surface area contributed by atoms with Crippen LogP contribution in [-0.4, -0.2) is 6.03 Å². The Morgan fingerprint density at radius 1 is 1.55 bits per heavy atom. The number of anilines is 1. The number of urea groups is 1. The van der Waals surface area contributed by atoms with Crippen LogP contribution in [0.2, 0.25) is 5.02 Å². The van der Waals surface area contributed by atoms with E-state index in [-0.39, 0.29) is 0 Å². The Labute approximate surface area is 69.2 Å². The van der Waals surface area contributed by atoms with E-state index in [0.717, 1.165) is 0 Å². The Kier molecular flexibility index (Phi) is 2.33. The molecule has 0 heterocycles. The quantitative estimate of drug-likeness (QED) is 0.688. The van der Waals surface area contributed by atoms with Crippen LogP contribution >= 0.6 is 11.6 Å². The number of halogens is 1. The Morgan fingerprint density at radius 2 is 2.27 bits per heavy atom. The smallest absolute Gasteiger partial charge is 0.307 e. The second kappa shape index (κ2) is 3.25. The summed E-state index contributed by atoms with van der Waals surface area (Å²) in [7, 11) is 0. The van der Waals surface area contributed by atoms with Crippen LogP contribution in [0.3, 0.4) is 0 Å². The number of amides is 2. The average molecular weight is 170 g/mol. The summed E-state index contributed by atoms with van der Waals surface area (Å²) in [6.45, 7) is 0. The highest BCUT2D eigenvalue weighted by Crippen LogP contribution is 2.14. The first-order valence-electron chi connectivity index (χ1n) is 2.96. The van der Waals surface area contributed by atoms with Crippen molar-refractivity contribution < 1.29 is 4.79 Å². The summed E-state index contributed by atoms with van der Waals surface area (Å²) in [5.74, 6) is 0. The molecule has 1 aromatic carbocycles. The molecule has 57 valence electrons. The van der Waals surface area contributed by atoms with Crippen molar-refractivity contribution in [1.29, 1.82) is 0 Å². The fourth-order valence-electron chi connectivity index (χ4n) is 0.697. The van der Waals surface area contributed by atoms with Gasteiger partial charge in [0.1, 0.15) is 0 Å². The fourth-order valence-corrected chi connectivity index (χ4v) is 0.888. The monoisotopic (exact) mass is 169 g/mol. The number of carbonyl (C=O) groups excluding carboxylic acids is 1. The molecular weight excluding hydrogens is 164 g/mol. The van der Waals surface area contributed by atoms with Crippen molar-refractivity contribution in [2.75, 3.05) is 5.32 Å². The number of rotatable bonds is 1. The molecule has 2 amide bonds. The summed E-state index contributed by atoms with van der Waals surface area (Å²) in [6.07, 6.45) is 0. The van der Waals surface area contributed by atoms with Crippen LogP contribution in [0, 0.1) is 0 Å². The van der Waals surface area contributed by atoms with Gasteiger partial charge in [-0.05, 0) is 18.2 Å². The molecule has 0 atom stereocenters. The van der Waals surface area contributed by atoms with Gasteiger partial charge in [-0.1, -0.05) is 17.7 Å². The van der Waals surface area contributed by atoms with E-state index in [1.807, 2.05) is 0 Å². The van der Waals surface area contributed by atoms with Crippen LogP contribution < -0.4 is 11.1 Å². The van der Waals surface area contributed by atoms with E-state index in [9.17, 15) is 4.79 Å². The summed E-state index contributed by atoms with van der Waals surface area (Å²) in [5, 5.41) is 2.83. The van der Waals surface area contributed by atoms with E-state index in [2.05, 4.69) is 5.32 Å². The van der Waals surface area contributed by atoms with Gasteiger partial charge in [-0.25, -0.2) is 10.5 Å². The van der Waals surface area contributed by atoms with E-state index in [1.54, 1.807) is 24.3 Å². The van der Waals surface area contributed by atoms with Crippen molar-refractivity contribution in [3.05, 3.63) is 29.3 Å². The second-order valence-electron chi connectivity index (χ2n) is 1.96. The maximum Gasteiger partial charge on any atom is 0.337 e. The van der Waals surface area contributed by atoms with Crippen LogP contribution in [0.4, 0.5) is 10.5 Å². The zero-order valence-electron chi connectivity index (χ0n) is 5.60. The standard InChI is InChI=1S/C7H6ClN2O/c8-5-2-1-3-6(4-5)10-7(9)11/h1-4,9H,(H,10,11). The van der Waals surface area contributed by atoms with Crippen molar-refractivity contribution in [1.82, 2.24) is 5.73 Å². The predicted octanol–water partition coefficient (Wildman–Crippen LogP) is 2.15. The van der Waals surface area contributed by atoms with Crippen molar-refractivity contribution >= 4 is 23.3 Å². The summed E-state index contributed by atoms with van der Waals surface area (Å²) in [5.41, 5.74) is 7.13. The molecule has 1 radical (unpaired) electrons. The highest BCUT2D eigenvalue weighted by atomic mass is 35.5. The molecule has 0 saturated heterocycles. The Bertz CT molecular complexity index is 275. The normalized spacial score (nSPS) is 9.18. The lowest BCUT2D eigenvalue weighted by Gasteiger charge is -1.99. The maximum atomic E-state index is 10.2. The lowest BCUT2D eigenvalue weighted by Crippen LogP contribution is -2.08. The predicted molar refractivity (Wildman–Crippen MR) is 43.6 cm³/mol. The van der Waals surface area contributed by atoms with Crippen LogP contribution in [0.1, 0.15) is 0 Å². The zero-order chi connectivity index (χ0) is 8.27. The maximum absolute atomic E-state index is 10.2. The molecule has 0 bridgehead atoms. The van der Waals surface area contributed by atoms with Crippen LogP contribution in [-0.2, 0) is 0 Å². The highest BCUT2D eigenvalue weighted by molar-refractivity contribution is 6.30. The first-order valence-corrected chi connectivity index (χ1v) is 3.34. The van der Waals surface area contributed by atoms with E-state index in [1.165, 1.54) is 0 Å². The summed E-state index contributed by atoms with van der Waals surface area (Å²) < 4.78 is 0. The van der Waals surface area contributed by atoms with Crippen LogP contribution in [0.25, 0.3) is 0 Å². The topological polar surface area (TPSA) is 52.9 Å². The van der Waals surface area contributed by atoms with E-state index in [4.69, 9.17) is 17.3 Å². The minimum absolute atomic E-state index is 0.538. The fraction of sp³-hybridized carbons (Fsp3) is 0. The molecule has 1 rings (SSSR count). The van der Waals surface area contributed by atoms with Crippen molar-refractivity contribution in [3.63, 3.8) is 0 Å². The van der Waals surface area contributed by atoms with Gasteiger partial charge < -0.3 is 5.32 Å². The number of nitrogens with one attached hydrogen (secondary N) is 2. The lowest BCUT2D eigenvalue weighted by atomic mass is 10.3. The van der Waals surface area contributed by atoms with Crippen LogP contribution in [0.15, 0.2) is 24.3 Å². The third kappa shape index (κ3) is 2.47. The molecule has 2 N–H and O–H groups in total. The molecule has 0 spiro atoms. The molecule has 3 nitrogen and oxygen atoms in total. The van der Waals surface area contributed by atoms with Gasteiger partial charge in [-0.2, -0.15) is 0 Å². The average Bonchev–Trinajstić information content (AvgIpc) is 1.85. The van der Waals surface area contributed by atoms with Gasteiger partial charge in [-0.15, -0.1) is 0 Å². The second-order valence-corrected chi connectivity index (χ2v) is 2.40. The van der Waals surface area contributed by atoms with Gasteiger partial charge in [0.2, 0.25) is 0 Å². The first-order chi connectivity index (χ1) is 5.18. The molecule has 11 heavy (non-hydrogen) atoms. The largest absolute Gasteiger partial charge is 0.337 e. The third-order valence-electron chi connectivity index (χ3n) is 1.08. The molecule has 4 heteroatoms. The van der Waals surface area contributed by atoms with Gasteiger partial charge in [-0.3, -0.25) is 0 Å². The number of carbonyl (C=O) groups is 1.